The van der Waals surface area contributed by atoms with Crippen LogP contribution >= 0.6 is 24.0 Å². The van der Waals surface area contributed by atoms with E-state index in [0.29, 0.717) is 12.2 Å². The molecule has 3 aliphatic heterocycles. The maximum atomic E-state index is 6.14. The van der Waals surface area contributed by atoms with Gasteiger partial charge < -0.3 is 24.4 Å². The van der Waals surface area contributed by atoms with Crippen LogP contribution < -0.4 is 5.32 Å². The van der Waals surface area contributed by atoms with Crippen LogP contribution in [-0.2, 0) is 14.2 Å². The van der Waals surface area contributed by atoms with Crippen LogP contribution in [0, 0.1) is 0 Å². The van der Waals surface area contributed by atoms with E-state index in [9.17, 15) is 0 Å². The number of ether oxygens (including phenoxy) is 3. The van der Waals surface area contributed by atoms with E-state index in [1.807, 2.05) is 0 Å². The smallest absolute Gasteiger partial charge is 0.193 e. The second-order valence-electron chi connectivity index (χ2n) is 7.68. The van der Waals surface area contributed by atoms with Gasteiger partial charge in [0.25, 0.3) is 0 Å². The van der Waals surface area contributed by atoms with Gasteiger partial charge in [0.2, 0.25) is 0 Å². The van der Waals surface area contributed by atoms with Crippen LogP contribution in [0.25, 0.3) is 0 Å². The molecule has 2 fully saturated rings. The van der Waals surface area contributed by atoms with E-state index in [4.69, 9.17) is 19.2 Å². The standard InChI is InChI=1S/C21H37N3O3.HI/c1-2-22-21(23-11-6-18-9-15-25-16-10-18)24-12-7-19(8-13-24)27-17-20-5-3-4-14-26-20;/h9,19-20H,2-8,10-17H2,1H3,(H,22,23);1H. The third-order valence-electron chi connectivity index (χ3n) is 5.62. The van der Waals surface area contributed by atoms with E-state index in [-0.39, 0.29) is 24.0 Å². The number of aliphatic imine (C=N–C) groups is 1. The Morgan fingerprint density at radius 2 is 2.11 bits per heavy atom. The van der Waals surface area contributed by atoms with E-state index in [2.05, 4.69) is 23.2 Å². The summed E-state index contributed by atoms with van der Waals surface area (Å²) >= 11 is 0. The summed E-state index contributed by atoms with van der Waals surface area (Å²) in [6.07, 6.45) is 10.8. The summed E-state index contributed by atoms with van der Waals surface area (Å²) in [6, 6.07) is 0. The normalized spacial score (nSPS) is 24.5. The van der Waals surface area contributed by atoms with E-state index < -0.39 is 0 Å². The molecule has 1 atom stereocenters. The summed E-state index contributed by atoms with van der Waals surface area (Å²) in [7, 11) is 0. The number of nitrogens with one attached hydrogen (secondary N) is 1. The number of rotatable bonds is 7. The highest BCUT2D eigenvalue weighted by molar-refractivity contribution is 14.0. The number of nitrogens with zero attached hydrogens (tertiary/aromatic N) is 2. The fourth-order valence-electron chi connectivity index (χ4n) is 3.94. The van der Waals surface area contributed by atoms with Gasteiger partial charge in [-0.2, -0.15) is 0 Å². The van der Waals surface area contributed by atoms with Gasteiger partial charge in [-0.15, -0.1) is 24.0 Å². The lowest BCUT2D eigenvalue weighted by molar-refractivity contribution is -0.0721. The van der Waals surface area contributed by atoms with Crippen molar-refractivity contribution in [2.45, 2.75) is 64.1 Å². The van der Waals surface area contributed by atoms with Crippen molar-refractivity contribution in [3.63, 3.8) is 0 Å². The summed E-state index contributed by atoms with van der Waals surface area (Å²) in [5.74, 6) is 1.05. The molecule has 1 N–H and O–H groups in total. The van der Waals surface area contributed by atoms with Crippen molar-refractivity contribution < 1.29 is 14.2 Å². The van der Waals surface area contributed by atoms with Crippen molar-refractivity contribution in [1.82, 2.24) is 10.2 Å². The fraction of sp³-hybridized carbons (Fsp3) is 0.857. The lowest BCUT2D eigenvalue weighted by Crippen LogP contribution is -2.47. The molecule has 7 heteroatoms. The first-order chi connectivity index (χ1) is 13.3. The maximum absolute atomic E-state index is 6.14. The molecule has 0 amide bonds. The van der Waals surface area contributed by atoms with Crippen molar-refractivity contribution in [3.8, 4) is 0 Å². The Hall–Kier alpha value is -0.380. The minimum Gasteiger partial charge on any atom is -0.377 e. The molecule has 0 radical (unpaired) electrons. The summed E-state index contributed by atoms with van der Waals surface area (Å²) in [5.41, 5.74) is 1.48. The van der Waals surface area contributed by atoms with Gasteiger partial charge in [-0.25, -0.2) is 0 Å². The first-order valence-corrected chi connectivity index (χ1v) is 10.9. The van der Waals surface area contributed by atoms with Crippen LogP contribution in [0.1, 0.15) is 51.9 Å². The molecule has 0 saturated carbocycles. The van der Waals surface area contributed by atoms with Gasteiger partial charge >= 0.3 is 0 Å². The molecule has 2 saturated heterocycles. The Kier molecular flexibility index (Phi) is 11.8. The van der Waals surface area contributed by atoms with Gasteiger partial charge in [-0.05, 0) is 51.9 Å². The van der Waals surface area contributed by atoms with Crippen molar-refractivity contribution in [2.24, 2.45) is 4.99 Å². The van der Waals surface area contributed by atoms with Gasteiger partial charge in [0.15, 0.2) is 5.96 Å². The van der Waals surface area contributed by atoms with E-state index in [1.54, 1.807) is 0 Å². The zero-order chi connectivity index (χ0) is 18.7. The summed E-state index contributed by atoms with van der Waals surface area (Å²) in [6.45, 7) is 9.20. The molecule has 3 aliphatic rings. The number of likely N-dealkylation sites (tertiary alicyclic amines) is 1. The van der Waals surface area contributed by atoms with E-state index in [0.717, 1.165) is 90.7 Å². The van der Waals surface area contributed by atoms with E-state index >= 15 is 0 Å². The Morgan fingerprint density at radius 1 is 1.25 bits per heavy atom. The van der Waals surface area contributed by atoms with Gasteiger partial charge in [0.05, 0.1) is 32.0 Å². The third kappa shape index (κ3) is 8.16. The predicted octanol–water partition coefficient (Wildman–Crippen LogP) is 3.36. The van der Waals surface area contributed by atoms with Gasteiger partial charge in [-0.3, -0.25) is 4.99 Å². The Bertz CT molecular complexity index is 487. The predicted molar refractivity (Wildman–Crippen MR) is 124 cm³/mol. The van der Waals surface area contributed by atoms with E-state index in [1.165, 1.54) is 18.4 Å². The Labute approximate surface area is 187 Å². The van der Waals surface area contributed by atoms with Crippen LogP contribution in [0.5, 0.6) is 0 Å². The second kappa shape index (κ2) is 13.8. The maximum Gasteiger partial charge on any atom is 0.193 e. The van der Waals surface area contributed by atoms with Crippen LogP contribution in [0.3, 0.4) is 0 Å². The molecule has 0 aromatic rings. The molecule has 0 aromatic heterocycles. The number of guanidine groups is 1. The molecule has 162 valence electrons. The molecule has 3 rings (SSSR count). The highest BCUT2D eigenvalue weighted by Gasteiger charge is 2.23. The average molecular weight is 507 g/mol. The highest BCUT2D eigenvalue weighted by atomic mass is 127. The molecular formula is C21H38IN3O3. The molecule has 6 nitrogen and oxygen atoms in total. The summed E-state index contributed by atoms with van der Waals surface area (Å²) in [5, 5.41) is 3.46. The first-order valence-electron chi connectivity index (χ1n) is 10.9. The number of hydrogen-bond acceptors (Lipinski definition) is 4. The zero-order valence-corrected chi connectivity index (χ0v) is 19.7. The van der Waals surface area contributed by atoms with Crippen molar-refractivity contribution >= 4 is 29.9 Å². The van der Waals surface area contributed by atoms with Crippen molar-refractivity contribution in [3.05, 3.63) is 11.6 Å². The summed E-state index contributed by atoms with van der Waals surface area (Å²) < 4.78 is 17.3. The third-order valence-corrected chi connectivity index (χ3v) is 5.62. The lowest BCUT2D eigenvalue weighted by atomic mass is 10.1. The first kappa shape index (κ1) is 23.9. The zero-order valence-electron chi connectivity index (χ0n) is 17.4. The van der Waals surface area contributed by atoms with Gasteiger partial charge in [0.1, 0.15) is 0 Å². The SMILES string of the molecule is CCNC(=NCCC1=CCOCC1)N1CCC(OCC2CCCCO2)CC1.I. The molecule has 3 heterocycles. The molecule has 28 heavy (non-hydrogen) atoms. The van der Waals surface area contributed by atoms with Crippen LogP contribution in [0.15, 0.2) is 16.6 Å². The molecule has 0 aliphatic carbocycles. The number of halogens is 1. The quantitative estimate of drug-likeness (QED) is 0.248. The average Bonchev–Trinajstić information content (AvgIpc) is 2.74. The molecule has 1 unspecified atom stereocenters. The monoisotopic (exact) mass is 507 g/mol. The van der Waals surface area contributed by atoms with Crippen molar-refractivity contribution in [1.29, 1.82) is 0 Å². The molecule has 0 aromatic carbocycles. The number of piperidine rings is 1. The molecular weight excluding hydrogens is 469 g/mol. The van der Waals surface area contributed by atoms with Crippen LogP contribution in [0.2, 0.25) is 0 Å². The van der Waals surface area contributed by atoms with Crippen molar-refractivity contribution in [2.75, 3.05) is 52.6 Å². The largest absolute Gasteiger partial charge is 0.377 e. The summed E-state index contributed by atoms with van der Waals surface area (Å²) in [4.78, 5) is 7.25. The molecule has 0 bridgehead atoms. The van der Waals surface area contributed by atoms with Crippen LogP contribution in [0.4, 0.5) is 0 Å². The van der Waals surface area contributed by atoms with Gasteiger partial charge in [0, 0.05) is 32.8 Å². The van der Waals surface area contributed by atoms with Gasteiger partial charge in [-0.1, -0.05) is 11.6 Å². The second-order valence-corrected chi connectivity index (χ2v) is 7.68. The topological polar surface area (TPSA) is 55.3 Å². The molecule has 0 spiro atoms. The fourth-order valence-corrected chi connectivity index (χ4v) is 3.94. The Morgan fingerprint density at radius 3 is 2.79 bits per heavy atom. The lowest BCUT2D eigenvalue weighted by Gasteiger charge is -2.35. The Balaban J connectivity index is 0.00000280. The highest BCUT2D eigenvalue weighted by Crippen LogP contribution is 2.18. The minimum absolute atomic E-state index is 0. The van der Waals surface area contributed by atoms with Crippen LogP contribution in [-0.4, -0.2) is 75.7 Å². The minimum atomic E-state index is 0. The number of hydrogen-bond donors (Lipinski definition) is 1.